The predicted octanol–water partition coefficient (Wildman–Crippen LogP) is 2.22. The molecule has 18 heavy (non-hydrogen) atoms. The summed E-state index contributed by atoms with van der Waals surface area (Å²) in [6.07, 6.45) is -0.302. The van der Waals surface area contributed by atoms with Gasteiger partial charge in [-0.15, -0.1) is 0 Å². The Morgan fingerprint density at radius 2 is 2.22 bits per heavy atom. The molecule has 0 aromatic rings. The zero-order valence-corrected chi connectivity index (χ0v) is 11.5. The summed E-state index contributed by atoms with van der Waals surface area (Å²) in [5, 5.41) is 3.70. The van der Waals surface area contributed by atoms with Crippen LogP contribution in [0, 0.1) is 0 Å². The van der Waals surface area contributed by atoms with E-state index >= 15 is 0 Å². The fourth-order valence-corrected chi connectivity index (χ4v) is 1.53. The molecule has 1 heterocycles. The highest BCUT2D eigenvalue weighted by Gasteiger charge is 2.37. The Morgan fingerprint density at radius 3 is 2.67 bits per heavy atom. The third-order valence-electron chi connectivity index (χ3n) is 2.75. The molecule has 1 fully saturated rings. The first-order valence-corrected chi connectivity index (χ1v) is 5.85. The van der Waals surface area contributed by atoms with Crippen LogP contribution in [0.1, 0.15) is 27.7 Å². The maximum Gasteiger partial charge on any atom is 0.163 e. The lowest BCUT2D eigenvalue weighted by Gasteiger charge is -2.27. The maximum absolute atomic E-state index is 8.59. The fourth-order valence-electron chi connectivity index (χ4n) is 1.53. The van der Waals surface area contributed by atoms with Gasteiger partial charge in [0.05, 0.1) is 25.4 Å². The predicted molar refractivity (Wildman–Crippen MR) is 64.9 cm³/mol. The topological polar surface area (TPSA) is 85.7 Å². The molecular weight excluding hydrogens is 238 g/mol. The zero-order chi connectivity index (χ0) is 13.8. The van der Waals surface area contributed by atoms with Crippen molar-refractivity contribution in [3.63, 3.8) is 0 Å². The maximum atomic E-state index is 8.59. The van der Waals surface area contributed by atoms with Crippen LogP contribution in [0.15, 0.2) is 5.11 Å². The van der Waals surface area contributed by atoms with E-state index in [0.717, 1.165) is 0 Å². The Bertz CT molecular complexity index is 326. The molecule has 0 amide bonds. The number of hydrogen-bond acceptors (Lipinski definition) is 5. The number of nitrogens with zero attached hydrogens (tertiary/aromatic N) is 3. The Kier molecular flexibility index (Phi) is 4.95. The highest BCUT2D eigenvalue weighted by molar-refractivity contribution is 4.83. The van der Waals surface area contributed by atoms with Gasteiger partial charge < -0.3 is 18.9 Å². The smallest absolute Gasteiger partial charge is 0.163 e. The number of methoxy groups -OCH3 is 1. The van der Waals surface area contributed by atoms with E-state index in [1.165, 1.54) is 0 Å². The van der Waals surface area contributed by atoms with Gasteiger partial charge in [0, 0.05) is 12.0 Å². The minimum atomic E-state index is -0.724. The van der Waals surface area contributed by atoms with Crippen LogP contribution in [0.2, 0.25) is 0 Å². The molecule has 0 aliphatic carbocycles. The second-order valence-corrected chi connectivity index (χ2v) is 5.05. The van der Waals surface area contributed by atoms with Crippen molar-refractivity contribution in [1.82, 2.24) is 0 Å². The van der Waals surface area contributed by atoms with E-state index < -0.39 is 17.6 Å². The van der Waals surface area contributed by atoms with Gasteiger partial charge in [0.15, 0.2) is 11.6 Å². The molecule has 0 saturated carbocycles. The number of ether oxygens (including phenoxy) is 4. The molecule has 0 aromatic carbocycles. The van der Waals surface area contributed by atoms with E-state index in [0.29, 0.717) is 6.61 Å². The fraction of sp³-hybridized carbons (Fsp3) is 1.00. The van der Waals surface area contributed by atoms with E-state index in [1.54, 1.807) is 21.0 Å². The van der Waals surface area contributed by atoms with Crippen LogP contribution in [0.5, 0.6) is 0 Å². The molecule has 0 N–H and O–H groups in total. The monoisotopic (exact) mass is 259 g/mol. The van der Waals surface area contributed by atoms with Crippen molar-refractivity contribution in [3.8, 4) is 0 Å². The molecule has 1 aliphatic rings. The van der Waals surface area contributed by atoms with E-state index in [1.807, 2.05) is 13.8 Å². The van der Waals surface area contributed by atoms with Crippen molar-refractivity contribution in [1.29, 1.82) is 0 Å². The summed E-state index contributed by atoms with van der Waals surface area (Å²) in [7, 11) is 1.56. The zero-order valence-electron chi connectivity index (χ0n) is 11.5. The summed E-state index contributed by atoms with van der Waals surface area (Å²) in [4.78, 5) is 2.82. The Morgan fingerprint density at radius 1 is 1.56 bits per heavy atom. The second-order valence-electron chi connectivity index (χ2n) is 5.05. The van der Waals surface area contributed by atoms with Gasteiger partial charge in [-0.3, -0.25) is 0 Å². The average Bonchev–Trinajstić information content (AvgIpc) is 2.65. The summed E-state index contributed by atoms with van der Waals surface area (Å²) in [5.41, 5.74) is 8.59. The SMILES string of the molecule is COC(C)(C)OC[C@H](N=[N+]=[N-])[C@H]1COC(C)(C)O1. The summed E-state index contributed by atoms with van der Waals surface area (Å²) in [6.45, 7) is 7.81. The summed E-state index contributed by atoms with van der Waals surface area (Å²) in [6, 6.07) is -0.439. The van der Waals surface area contributed by atoms with Crippen LogP contribution < -0.4 is 0 Å². The number of rotatable bonds is 6. The lowest BCUT2D eigenvalue weighted by Crippen LogP contribution is -2.37. The lowest BCUT2D eigenvalue weighted by atomic mass is 10.2. The normalized spacial score (nSPS) is 24.6. The summed E-state index contributed by atoms with van der Waals surface area (Å²) < 4.78 is 21.8. The molecular formula is C11H21N3O4. The molecule has 7 nitrogen and oxygen atoms in total. The van der Waals surface area contributed by atoms with Gasteiger partial charge in [-0.1, -0.05) is 5.11 Å². The van der Waals surface area contributed by atoms with Crippen molar-refractivity contribution < 1.29 is 18.9 Å². The van der Waals surface area contributed by atoms with Gasteiger partial charge in [0.25, 0.3) is 0 Å². The van der Waals surface area contributed by atoms with Crippen LogP contribution >= 0.6 is 0 Å². The van der Waals surface area contributed by atoms with Crippen molar-refractivity contribution in [2.45, 2.75) is 51.4 Å². The quantitative estimate of drug-likeness (QED) is 0.317. The highest BCUT2D eigenvalue weighted by atomic mass is 16.7. The van der Waals surface area contributed by atoms with Gasteiger partial charge in [-0.2, -0.15) is 0 Å². The van der Waals surface area contributed by atoms with Gasteiger partial charge >= 0.3 is 0 Å². The van der Waals surface area contributed by atoms with Gasteiger partial charge in [-0.25, -0.2) is 0 Å². The van der Waals surface area contributed by atoms with E-state index in [9.17, 15) is 0 Å². The Hall–Kier alpha value is -0.850. The molecule has 2 atom stereocenters. The molecule has 1 rings (SSSR count). The first-order chi connectivity index (χ1) is 8.29. The van der Waals surface area contributed by atoms with E-state index in [2.05, 4.69) is 10.0 Å². The van der Waals surface area contributed by atoms with E-state index in [4.69, 9.17) is 24.5 Å². The third kappa shape index (κ3) is 4.44. The van der Waals surface area contributed by atoms with Gasteiger partial charge in [-0.05, 0) is 33.2 Å². The standard InChI is InChI=1S/C11H21N3O4/c1-10(2,15-5)16-6-8(13-14-12)9-7-17-11(3,4)18-9/h8-9H,6-7H2,1-5H3/t8-,9+/m0/s1. The van der Waals surface area contributed by atoms with Crippen molar-refractivity contribution >= 4 is 0 Å². The molecule has 104 valence electrons. The lowest BCUT2D eigenvalue weighted by molar-refractivity contribution is -0.204. The Balaban J connectivity index is 2.59. The first kappa shape index (κ1) is 15.2. The highest BCUT2D eigenvalue weighted by Crippen LogP contribution is 2.26. The number of azide groups is 1. The van der Waals surface area contributed by atoms with Gasteiger partial charge in [0.2, 0.25) is 0 Å². The molecule has 0 spiro atoms. The molecule has 0 aromatic heterocycles. The van der Waals surface area contributed by atoms with Crippen molar-refractivity contribution in [3.05, 3.63) is 10.4 Å². The largest absolute Gasteiger partial charge is 0.354 e. The molecule has 0 unspecified atom stereocenters. The first-order valence-electron chi connectivity index (χ1n) is 5.85. The minimum Gasteiger partial charge on any atom is -0.354 e. The van der Waals surface area contributed by atoms with Crippen LogP contribution in [-0.4, -0.2) is 44.0 Å². The third-order valence-corrected chi connectivity index (χ3v) is 2.75. The molecule has 1 aliphatic heterocycles. The average molecular weight is 259 g/mol. The number of hydrogen-bond donors (Lipinski definition) is 0. The second kappa shape index (κ2) is 5.86. The van der Waals surface area contributed by atoms with E-state index in [-0.39, 0.29) is 12.7 Å². The molecule has 7 heteroatoms. The molecule has 0 radical (unpaired) electrons. The molecule has 0 bridgehead atoms. The summed E-state index contributed by atoms with van der Waals surface area (Å²) in [5.74, 6) is -1.37. The summed E-state index contributed by atoms with van der Waals surface area (Å²) >= 11 is 0. The van der Waals surface area contributed by atoms with Crippen LogP contribution in [-0.2, 0) is 18.9 Å². The van der Waals surface area contributed by atoms with Crippen molar-refractivity contribution in [2.75, 3.05) is 20.3 Å². The Labute approximate surface area is 107 Å². The van der Waals surface area contributed by atoms with Gasteiger partial charge in [0.1, 0.15) is 0 Å². The molecule has 1 saturated heterocycles. The van der Waals surface area contributed by atoms with Crippen molar-refractivity contribution in [2.24, 2.45) is 5.11 Å². The van der Waals surface area contributed by atoms with Crippen LogP contribution in [0.4, 0.5) is 0 Å². The van der Waals surface area contributed by atoms with Crippen LogP contribution in [0.3, 0.4) is 0 Å². The minimum absolute atomic E-state index is 0.217. The van der Waals surface area contributed by atoms with Crippen LogP contribution in [0.25, 0.3) is 10.4 Å².